The lowest BCUT2D eigenvalue weighted by Gasteiger charge is -2.08. The minimum atomic E-state index is -0.0687. The molecule has 0 saturated carbocycles. The van der Waals surface area contributed by atoms with Gasteiger partial charge in [0.2, 0.25) is 5.88 Å². The minimum absolute atomic E-state index is 0.0687. The van der Waals surface area contributed by atoms with Crippen LogP contribution >= 0.6 is 0 Å². The van der Waals surface area contributed by atoms with Crippen LogP contribution in [0.25, 0.3) is 0 Å². The molecule has 0 fully saturated rings. The number of aromatic nitrogens is 1. The predicted molar refractivity (Wildman–Crippen MR) is 68.1 cm³/mol. The molecule has 0 spiro atoms. The summed E-state index contributed by atoms with van der Waals surface area (Å²) in [5.41, 5.74) is 7.30. The lowest BCUT2D eigenvalue weighted by Crippen LogP contribution is -2.05. The van der Waals surface area contributed by atoms with Gasteiger partial charge in [0.15, 0.2) is 0 Å². The number of rotatable bonds is 3. The van der Waals surface area contributed by atoms with E-state index in [1.54, 1.807) is 36.5 Å². The third-order valence-corrected chi connectivity index (χ3v) is 2.47. The van der Waals surface area contributed by atoms with Crippen LogP contribution in [-0.4, -0.2) is 4.98 Å². The summed E-state index contributed by atoms with van der Waals surface area (Å²) in [4.78, 5) is 4.11. The van der Waals surface area contributed by atoms with Gasteiger partial charge >= 0.3 is 0 Å². The molecule has 4 nitrogen and oxygen atoms in total. The SMILES string of the molecule is C[C@H](N)c1ccnc(Oc2cccc(C#N)c2)c1. The Morgan fingerprint density at radius 1 is 1.33 bits per heavy atom. The largest absolute Gasteiger partial charge is 0.439 e. The number of benzene rings is 1. The van der Waals surface area contributed by atoms with Crippen LogP contribution in [0.15, 0.2) is 42.6 Å². The Kier molecular flexibility index (Phi) is 3.56. The molecule has 2 N–H and O–H groups in total. The second-order valence-corrected chi connectivity index (χ2v) is 3.96. The molecule has 1 heterocycles. The third kappa shape index (κ3) is 2.84. The molecular formula is C14H13N3O. The van der Waals surface area contributed by atoms with E-state index in [1.165, 1.54) is 0 Å². The molecule has 18 heavy (non-hydrogen) atoms. The van der Waals surface area contributed by atoms with Crippen molar-refractivity contribution in [1.82, 2.24) is 4.98 Å². The van der Waals surface area contributed by atoms with Gasteiger partial charge in [0.1, 0.15) is 5.75 Å². The Morgan fingerprint density at radius 2 is 2.17 bits per heavy atom. The Hall–Kier alpha value is -2.38. The van der Waals surface area contributed by atoms with E-state index < -0.39 is 0 Å². The zero-order valence-electron chi connectivity index (χ0n) is 10.00. The molecule has 0 unspecified atom stereocenters. The molecule has 0 radical (unpaired) electrons. The quantitative estimate of drug-likeness (QED) is 0.893. The number of nitrogens with zero attached hydrogens (tertiary/aromatic N) is 2. The van der Waals surface area contributed by atoms with E-state index in [4.69, 9.17) is 15.7 Å². The molecule has 4 heteroatoms. The molecule has 1 aromatic heterocycles. The van der Waals surface area contributed by atoms with Gasteiger partial charge in [0.05, 0.1) is 11.6 Å². The van der Waals surface area contributed by atoms with E-state index >= 15 is 0 Å². The highest BCUT2D eigenvalue weighted by Gasteiger charge is 2.04. The number of ether oxygens (including phenoxy) is 1. The highest BCUT2D eigenvalue weighted by molar-refractivity contribution is 5.38. The van der Waals surface area contributed by atoms with E-state index in [1.807, 2.05) is 13.0 Å². The van der Waals surface area contributed by atoms with Gasteiger partial charge in [-0.2, -0.15) is 5.26 Å². The van der Waals surface area contributed by atoms with Gasteiger partial charge in [0, 0.05) is 18.3 Å². The van der Waals surface area contributed by atoms with Crippen molar-refractivity contribution in [2.24, 2.45) is 5.73 Å². The number of pyridine rings is 1. The summed E-state index contributed by atoms with van der Waals surface area (Å²) in [7, 11) is 0. The summed E-state index contributed by atoms with van der Waals surface area (Å²) in [6.07, 6.45) is 1.65. The number of hydrogen-bond acceptors (Lipinski definition) is 4. The maximum Gasteiger partial charge on any atom is 0.219 e. The summed E-state index contributed by atoms with van der Waals surface area (Å²) >= 11 is 0. The molecular weight excluding hydrogens is 226 g/mol. The van der Waals surface area contributed by atoms with Crippen LogP contribution in [-0.2, 0) is 0 Å². The van der Waals surface area contributed by atoms with Gasteiger partial charge in [-0.3, -0.25) is 0 Å². The third-order valence-electron chi connectivity index (χ3n) is 2.47. The van der Waals surface area contributed by atoms with Gasteiger partial charge in [-0.05, 0) is 36.8 Å². The Bertz CT molecular complexity index is 588. The highest BCUT2D eigenvalue weighted by Crippen LogP contribution is 2.22. The minimum Gasteiger partial charge on any atom is -0.439 e. The van der Waals surface area contributed by atoms with Crippen LogP contribution in [0.3, 0.4) is 0 Å². The van der Waals surface area contributed by atoms with Crippen molar-refractivity contribution in [2.45, 2.75) is 13.0 Å². The van der Waals surface area contributed by atoms with E-state index in [9.17, 15) is 0 Å². The Labute approximate surface area is 106 Å². The van der Waals surface area contributed by atoms with Crippen molar-refractivity contribution in [1.29, 1.82) is 5.26 Å². The van der Waals surface area contributed by atoms with E-state index in [0.29, 0.717) is 17.2 Å². The summed E-state index contributed by atoms with van der Waals surface area (Å²) in [5.74, 6) is 1.06. The van der Waals surface area contributed by atoms with Crippen molar-refractivity contribution in [3.05, 3.63) is 53.7 Å². The molecule has 0 bridgehead atoms. The number of hydrogen-bond donors (Lipinski definition) is 1. The average molecular weight is 239 g/mol. The van der Waals surface area contributed by atoms with E-state index in [2.05, 4.69) is 11.1 Å². The summed E-state index contributed by atoms with van der Waals surface area (Å²) < 4.78 is 5.59. The topological polar surface area (TPSA) is 71.9 Å². The van der Waals surface area contributed by atoms with Gasteiger partial charge in [-0.25, -0.2) is 4.98 Å². The normalized spacial score (nSPS) is 11.6. The highest BCUT2D eigenvalue weighted by atomic mass is 16.5. The van der Waals surface area contributed by atoms with Crippen molar-refractivity contribution in [3.63, 3.8) is 0 Å². The first-order valence-corrected chi connectivity index (χ1v) is 5.58. The second kappa shape index (κ2) is 5.30. The molecule has 0 aliphatic carbocycles. The molecule has 2 rings (SSSR count). The van der Waals surface area contributed by atoms with Gasteiger partial charge < -0.3 is 10.5 Å². The number of nitriles is 1. The van der Waals surface area contributed by atoms with E-state index in [-0.39, 0.29) is 6.04 Å². The lowest BCUT2D eigenvalue weighted by molar-refractivity contribution is 0.461. The van der Waals surface area contributed by atoms with E-state index in [0.717, 1.165) is 5.56 Å². The fraction of sp³-hybridized carbons (Fsp3) is 0.143. The zero-order chi connectivity index (χ0) is 13.0. The second-order valence-electron chi connectivity index (χ2n) is 3.96. The van der Waals surface area contributed by atoms with Crippen LogP contribution in [0, 0.1) is 11.3 Å². The van der Waals surface area contributed by atoms with Gasteiger partial charge in [0.25, 0.3) is 0 Å². The summed E-state index contributed by atoms with van der Waals surface area (Å²) in [5, 5.41) is 8.81. The maximum atomic E-state index is 8.81. The van der Waals surface area contributed by atoms with Crippen LogP contribution < -0.4 is 10.5 Å². The molecule has 1 aromatic carbocycles. The molecule has 2 aromatic rings. The molecule has 90 valence electrons. The molecule has 0 amide bonds. The summed E-state index contributed by atoms with van der Waals surface area (Å²) in [6.45, 7) is 1.90. The molecule has 1 atom stereocenters. The van der Waals surface area contributed by atoms with Crippen molar-refractivity contribution in [2.75, 3.05) is 0 Å². The van der Waals surface area contributed by atoms with Gasteiger partial charge in [-0.1, -0.05) is 6.07 Å². The Morgan fingerprint density at radius 3 is 2.89 bits per heavy atom. The van der Waals surface area contributed by atoms with Crippen LogP contribution in [0.2, 0.25) is 0 Å². The monoisotopic (exact) mass is 239 g/mol. The first-order valence-electron chi connectivity index (χ1n) is 5.58. The molecule has 0 aliphatic heterocycles. The van der Waals surface area contributed by atoms with Gasteiger partial charge in [-0.15, -0.1) is 0 Å². The standard InChI is InChI=1S/C14H13N3O/c1-10(16)12-5-6-17-14(8-12)18-13-4-2-3-11(7-13)9-15/h2-8,10H,16H2,1H3/t10-/m0/s1. The zero-order valence-corrected chi connectivity index (χ0v) is 10.00. The number of nitrogens with two attached hydrogens (primary N) is 1. The molecule has 0 saturated heterocycles. The maximum absolute atomic E-state index is 8.81. The van der Waals surface area contributed by atoms with Crippen LogP contribution in [0.5, 0.6) is 11.6 Å². The fourth-order valence-electron chi connectivity index (χ4n) is 1.51. The molecule has 0 aliphatic rings. The Balaban J connectivity index is 2.23. The van der Waals surface area contributed by atoms with Crippen LogP contribution in [0.4, 0.5) is 0 Å². The first kappa shape index (κ1) is 12.1. The fourth-order valence-corrected chi connectivity index (χ4v) is 1.51. The van der Waals surface area contributed by atoms with Crippen LogP contribution in [0.1, 0.15) is 24.1 Å². The smallest absolute Gasteiger partial charge is 0.219 e. The average Bonchev–Trinajstić information content (AvgIpc) is 2.39. The predicted octanol–water partition coefficient (Wildman–Crippen LogP) is 2.77. The van der Waals surface area contributed by atoms with Crippen molar-refractivity contribution in [3.8, 4) is 17.7 Å². The lowest BCUT2D eigenvalue weighted by atomic mass is 10.1. The van der Waals surface area contributed by atoms with Crippen molar-refractivity contribution < 1.29 is 4.74 Å². The van der Waals surface area contributed by atoms with Crippen molar-refractivity contribution >= 4 is 0 Å². The first-order chi connectivity index (χ1) is 8.69. The summed E-state index contributed by atoms with van der Waals surface area (Å²) in [6, 6.07) is 12.6.